The van der Waals surface area contributed by atoms with Crippen molar-refractivity contribution in [3.8, 4) is 0 Å². The fraction of sp³-hybridized carbons (Fsp3) is 0.231. The zero-order chi connectivity index (χ0) is 14.4. The van der Waals surface area contributed by atoms with Crippen LogP contribution in [-0.2, 0) is 9.53 Å². The number of ether oxygens (including phenoxy) is 1. The molecule has 0 saturated heterocycles. The number of carbonyl (C=O) groups excluding carboxylic acids is 2. The molecule has 19 heavy (non-hydrogen) atoms. The molecule has 0 saturated carbocycles. The van der Waals surface area contributed by atoms with Gasteiger partial charge in [-0.15, -0.1) is 6.58 Å². The van der Waals surface area contributed by atoms with Crippen LogP contribution in [0.5, 0.6) is 0 Å². The van der Waals surface area contributed by atoms with Crippen LogP contribution >= 0.6 is 15.9 Å². The summed E-state index contributed by atoms with van der Waals surface area (Å²) in [6, 6.07) is 3.96. The second kappa shape index (κ2) is 7.04. The van der Waals surface area contributed by atoms with Gasteiger partial charge in [0.1, 0.15) is 5.82 Å². The predicted octanol–water partition coefficient (Wildman–Crippen LogP) is 2.44. The lowest BCUT2D eigenvalue weighted by atomic mass is 10.2. The first-order valence-corrected chi connectivity index (χ1v) is 6.29. The molecule has 0 aliphatic rings. The Morgan fingerprint density at radius 2 is 2.26 bits per heavy atom. The molecule has 0 aliphatic heterocycles. The Morgan fingerprint density at radius 3 is 2.84 bits per heavy atom. The van der Waals surface area contributed by atoms with E-state index in [1.165, 1.54) is 25.1 Å². The Hall–Kier alpha value is -1.69. The summed E-state index contributed by atoms with van der Waals surface area (Å²) in [6.45, 7) is 5.12. The van der Waals surface area contributed by atoms with E-state index in [2.05, 4.69) is 27.8 Å². The normalized spacial score (nSPS) is 11.5. The molecule has 0 unspecified atom stereocenters. The zero-order valence-electron chi connectivity index (χ0n) is 10.3. The predicted molar refractivity (Wildman–Crippen MR) is 72.2 cm³/mol. The molecular weight excluding hydrogens is 317 g/mol. The van der Waals surface area contributed by atoms with Crippen molar-refractivity contribution in [2.24, 2.45) is 0 Å². The van der Waals surface area contributed by atoms with Crippen molar-refractivity contribution in [2.45, 2.75) is 13.0 Å². The molecule has 0 bridgehead atoms. The summed E-state index contributed by atoms with van der Waals surface area (Å²) < 4.78 is 18.9. The summed E-state index contributed by atoms with van der Waals surface area (Å²) >= 11 is 3.08. The SMILES string of the molecule is C=CCNC(=O)[C@H](C)OC(=O)c1ccc(Br)cc1F. The van der Waals surface area contributed by atoms with Crippen molar-refractivity contribution in [1.29, 1.82) is 0 Å². The van der Waals surface area contributed by atoms with Gasteiger partial charge < -0.3 is 10.1 Å². The third-order valence-corrected chi connectivity index (χ3v) is 2.72. The summed E-state index contributed by atoms with van der Waals surface area (Å²) in [5.41, 5.74) is -0.216. The summed E-state index contributed by atoms with van der Waals surface area (Å²) in [6.07, 6.45) is 0.497. The number of hydrogen-bond acceptors (Lipinski definition) is 3. The molecule has 102 valence electrons. The van der Waals surface area contributed by atoms with Crippen LogP contribution in [0.3, 0.4) is 0 Å². The number of esters is 1. The number of amides is 1. The van der Waals surface area contributed by atoms with Crippen molar-refractivity contribution in [3.63, 3.8) is 0 Å². The van der Waals surface area contributed by atoms with Crippen LogP contribution in [0.2, 0.25) is 0 Å². The van der Waals surface area contributed by atoms with Crippen molar-refractivity contribution in [2.75, 3.05) is 6.54 Å². The average molecular weight is 330 g/mol. The topological polar surface area (TPSA) is 55.4 Å². The number of benzene rings is 1. The lowest BCUT2D eigenvalue weighted by Gasteiger charge is -2.13. The highest BCUT2D eigenvalue weighted by Crippen LogP contribution is 2.16. The molecule has 1 aromatic carbocycles. The Balaban J connectivity index is 2.68. The van der Waals surface area contributed by atoms with Crippen molar-refractivity contribution in [3.05, 3.63) is 46.7 Å². The molecule has 1 N–H and O–H groups in total. The lowest BCUT2D eigenvalue weighted by Crippen LogP contribution is -2.36. The van der Waals surface area contributed by atoms with Gasteiger partial charge in [-0.1, -0.05) is 22.0 Å². The second-order valence-electron chi connectivity index (χ2n) is 3.71. The third-order valence-electron chi connectivity index (χ3n) is 2.22. The first-order valence-electron chi connectivity index (χ1n) is 5.50. The molecule has 1 amide bonds. The summed E-state index contributed by atoms with van der Waals surface area (Å²) in [5, 5.41) is 2.48. The number of rotatable bonds is 5. The van der Waals surface area contributed by atoms with Gasteiger partial charge >= 0.3 is 5.97 Å². The Morgan fingerprint density at radius 1 is 1.58 bits per heavy atom. The summed E-state index contributed by atoms with van der Waals surface area (Å²) in [7, 11) is 0. The highest BCUT2D eigenvalue weighted by molar-refractivity contribution is 9.10. The monoisotopic (exact) mass is 329 g/mol. The van der Waals surface area contributed by atoms with Crippen LogP contribution in [-0.4, -0.2) is 24.5 Å². The fourth-order valence-corrected chi connectivity index (χ4v) is 1.58. The molecule has 1 rings (SSSR count). The van der Waals surface area contributed by atoms with Crippen molar-refractivity contribution in [1.82, 2.24) is 5.32 Å². The second-order valence-corrected chi connectivity index (χ2v) is 4.62. The van der Waals surface area contributed by atoms with Gasteiger partial charge in [0.2, 0.25) is 0 Å². The zero-order valence-corrected chi connectivity index (χ0v) is 11.9. The molecule has 1 atom stereocenters. The highest BCUT2D eigenvalue weighted by atomic mass is 79.9. The van der Waals surface area contributed by atoms with Gasteiger partial charge in [0.05, 0.1) is 5.56 Å². The van der Waals surface area contributed by atoms with Crippen LogP contribution in [0.4, 0.5) is 4.39 Å². The number of halogens is 2. The Kier molecular flexibility index (Phi) is 5.69. The van der Waals surface area contributed by atoms with Crippen molar-refractivity contribution < 1.29 is 18.7 Å². The van der Waals surface area contributed by atoms with Crippen molar-refractivity contribution >= 4 is 27.8 Å². The van der Waals surface area contributed by atoms with Gasteiger partial charge in [-0.25, -0.2) is 9.18 Å². The highest BCUT2D eigenvalue weighted by Gasteiger charge is 2.20. The molecule has 0 radical (unpaired) electrons. The smallest absolute Gasteiger partial charge is 0.341 e. The van der Waals surface area contributed by atoms with Crippen LogP contribution in [0.15, 0.2) is 35.3 Å². The van der Waals surface area contributed by atoms with Crippen LogP contribution < -0.4 is 5.32 Å². The summed E-state index contributed by atoms with van der Waals surface area (Å²) in [4.78, 5) is 23.2. The largest absolute Gasteiger partial charge is 0.449 e. The molecular formula is C13H13BrFNO3. The molecule has 0 aliphatic carbocycles. The van der Waals surface area contributed by atoms with Gasteiger partial charge in [-0.3, -0.25) is 4.79 Å². The maximum atomic E-state index is 13.5. The average Bonchev–Trinajstić information content (AvgIpc) is 2.35. The molecule has 0 aromatic heterocycles. The van der Waals surface area contributed by atoms with E-state index in [-0.39, 0.29) is 12.1 Å². The van der Waals surface area contributed by atoms with Crippen LogP contribution in [0, 0.1) is 5.82 Å². The van der Waals surface area contributed by atoms with Gasteiger partial charge in [0.15, 0.2) is 6.10 Å². The first-order chi connectivity index (χ1) is 8.95. The molecule has 1 aromatic rings. The minimum atomic E-state index is -1.00. The van der Waals surface area contributed by atoms with Crippen LogP contribution in [0.1, 0.15) is 17.3 Å². The van der Waals surface area contributed by atoms with E-state index in [0.717, 1.165) is 6.07 Å². The Bertz CT molecular complexity index is 505. The summed E-state index contributed by atoms with van der Waals surface area (Å²) in [5.74, 6) is -2.06. The maximum absolute atomic E-state index is 13.5. The number of hydrogen-bond donors (Lipinski definition) is 1. The quantitative estimate of drug-likeness (QED) is 0.666. The van der Waals surface area contributed by atoms with E-state index in [9.17, 15) is 14.0 Å². The molecule has 0 heterocycles. The minimum Gasteiger partial charge on any atom is -0.449 e. The van der Waals surface area contributed by atoms with E-state index in [4.69, 9.17) is 4.74 Å². The lowest BCUT2D eigenvalue weighted by molar-refractivity contribution is -0.128. The molecule has 0 fully saturated rings. The number of nitrogens with one attached hydrogen (secondary N) is 1. The molecule has 4 nitrogen and oxygen atoms in total. The van der Waals surface area contributed by atoms with E-state index in [0.29, 0.717) is 4.47 Å². The van der Waals surface area contributed by atoms with Gasteiger partial charge in [-0.2, -0.15) is 0 Å². The van der Waals surface area contributed by atoms with Gasteiger partial charge in [-0.05, 0) is 25.1 Å². The van der Waals surface area contributed by atoms with Gasteiger partial charge in [0.25, 0.3) is 5.91 Å². The fourth-order valence-electron chi connectivity index (χ4n) is 1.25. The molecule has 6 heteroatoms. The van der Waals surface area contributed by atoms with E-state index in [1.54, 1.807) is 0 Å². The first kappa shape index (κ1) is 15.4. The third kappa shape index (κ3) is 4.48. The Labute approximate surface area is 118 Å². The van der Waals surface area contributed by atoms with E-state index < -0.39 is 23.8 Å². The van der Waals surface area contributed by atoms with E-state index >= 15 is 0 Å². The van der Waals surface area contributed by atoms with Gasteiger partial charge in [0, 0.05) is 11.0 Å². The number of carbonyl (C=O) groups is 2. The van der Waals surface area contributed by atoms with E-state index in [1.807, 2.05) is 0 Å². The maximum Gasteiger partial charge on any atom is 0.341 e. The molecule has 0 spiro atoms. The minimum absolute atomic E-state index is 0.216. The standard InChI is InChI=1S/C13H13BrFNO3/c1-3-6-16-12(17)8(2)19-13(18)10-5-4-9(14)7-11(10)15/h3-5,7-8H,1,6H2,2H3,(H,16,17)/t8-/m0/s1. The van der Waals surface area contributed by atoms with Crippen LogP contribution in [0.25, 0.3) is 0 Å².